The van der Waals surface area contributed by atoms with Crippen LogP contribution in [-0.2, 0) is 4.79 Å². The van der Waals surface area contributed by atoms with Gasteiger partial charge in [-0.25, -0.2) is 0 Å². The third-order valence-electron chi connectivity index (χ3n) is 2.89. The largest absolute Gasteiger partial charge is 0.410 e. The standard InChI is InChI=1S/C13H22N4O2S/c1-6-8-14-11(18)9(3)20-13-16-15-12(19-13)10(7-2)17(4)5/h6,9-10H,1,7-8H2,2-5H3,(H,14,18)/p+1/t9-,10-/m0/s1. The van der Waals surface area contributed by atoms with Crippen LogP contribution in [0.4, 0.5) is 0 Å². The van der Waals surface area contributed by atoms with Crippen molar-refractivity contribution in [1.29, 1.82) is 0 Å². The molecule has 0 aliphatic heterocycles. The number of quaternary nitrogens is 1. The van der Waals surface area contributed by atoms with E-state index in [-0.39, 0.29) is 17.2 Å². The minimum Gasteiger partial charge on any atom is -0.410 e. The maximum absolute atomic E-state index is 11.7. The third kappa shape index (κ3) is 4.64. The van der Waals surface area contributed by atoms with Crippen LogP contribution >= 0.6 is 11.8 Å². The van der Waals surface area contributed by atoms with Crippen molar-refractivity contribution < 1.29 is 14.1 Å². The Morgan fingerprint density at radius 1 is 1.55 bits per heavy atom. The van der Waals surface area contributed by atoms with E-state index >= 15 is 0 Å². The number of nitrogens with zero attached hydrogens (tertiary/aromatic N) is 2. The van der Waals surface area contributed by atoms with E-state index < -0.39 is 0 Å². The van der Waals surface area contributed by atoms with Gasteiger partial charge in [-0.3, -0.25) is 4.79 Å². The molecule has 7 heteroatoms. The Labute approximate surface area is 124 Å². The normalized spacial score (nSPS) is 14.1. The minimum atomic E-state index is -0.282. The molecule has 20 heavy (non-hydrogen) atoms. The summed E-state index contributed by atoms with van der Waals surface area (Å²) in [4.78, 5) is 13.0. The number of nitrogens with one attached hydrogen (secondary N) is 2. The van der Waals surface area contributed by atoms with E-state index in [2.05, 4.69) is 43.1 Å². The van der Waals surface area contributed by atoms with Crippen LogP contribution in [0.3, 0.4) is 0 Å². The van der Waals surface area contributed by atoms with Gasteiger partial charge in [0.1, 0.15) is 0 Å². The summed E-state index contributed by atoms with van der Waals surface area (Å²) >= 11 is 1.27. The topological polar surface area (TPSA) is 72.5 Å². The van der Waals surface area contributed by atoms with Crippen LogP contribution in [-0.4, -0.2) is 42.0 Å². The van der Waals surface area contributed by atoms with Gasteiger partial charge in [-0.1, -0.05) is 24.8 Å². The van der Waals surface area contributed by atoms with Crippen LogP contribution in [0.5, 0.6) is 0 Å². The predicted octanol–water partition coefficient (Wildman–Crippen LogP) is 0.448. The summed E-state index contributed by atoms with van der Waals surface area (Å²) in [5.41, 5.74) is 0. The van der Waals surface area contributed by atoms with E-state index in [0.29, 0.717) is 17.7 Å². The van der Waals surface area contributed by atoms with Gasteiger partial charge in [-0.15, -0.1) is 16.8 Å². The fourth-order valence-corrected chi connectivity index (χ4v) is 2.47. The first-order chi connectivity index (χ1) is 9.49. The van der Waals surface area contributed by atoms with Crippen molar-refractivity contribution in [2.45, 2.75) is 36.8 Å². The maximum atomic E-state index is 11.7. The monoisotopic (exact) mass is 299 g/mol. The highest BCUT2D eigenvalue weighted by Gasteiger charge is 2.24. The number of carbonyl (C=O) groups excluding carboxylic acids is 1. The Bertz CT molecular complexity index is 447. The van der Waals surface area contributed by atoms with Crippen molar-refractivity contribution >= 4 is 17.7 Å². The SMILES string of the molecule is C=CCNC(=O)[C@H](C)Sc1nnc([C@H](CC)[NH+](C)C)o1. The molecule has 1 aromatic heterocycles. The number of aromatic nitrogens is 2. The second kappa shape index (κ2) is 8.06. The van der Waals surface area contributed by atoms with E-state index in [1.807, 2.05) is 6.92 Å². The average Bonchev–Trinajstić information content (AvgIpc) is 2.84. The van der Waals surface area contributed by atoms with Gasteiger partial charge < -0.3 is 14.6 Å². The number of amides is 1. The second-order valence-corrected chi connectivity index (χ2v) is 6.03. The molecular formula is C13H23N4O2S+. The highest BCUT2D eigenvalue weighted by atomic mass is 32.2. The van der Waals surface area contributed by atoms with Crippen LogP contribution in [0.15, 0.2) is 22.3 Å². The lowest BCUT2D eigenvalue weighted by Crippen LogP contribution is -3.06. The van der Waals surface area contributed by atoms with Crippen LogP contribution in [0, 0.1) is 0 Å². The van der Waals surface area contributed by atoms with Gasteiger partial charge in [-0.2, -0.15) is 0 Å². The van der Waals surface area contributed by atoms with Crippen LogP contribution in [0.25, 0.3) is 0 Å². The quantitative estimate of drug-likeness (QED) is 0.538. The first kappa shape index (κ1) is 16.7. The van der Waals surface area contributed by atoms with Gasteiger partial charge in [-0.05, 0) is 6.92 Å². The molecule has 1 heterocycles. The van der Waals surface area contributed by atoms with Crippen LogP contribution in [0.1, 0.15) is 32.2 Å². The number of rotatable bonds is 8. The van der Waals surface area contributed by atoms with Gasteiger partial charge in [0, 0.05) is 13.0 Å². The summed E-state index contributed by atoms with van der Waals surface area (Å²) in [6.45, 7) is 7.91. The summed E-state index contributed by atoms with van der Waals surface area (Å²) in [6.07, 6.45) is 2.57. The molecule has 112 valence electrons. The minimum absolute atomic E-state index is 0.0695. The van der Waals surface area contributed by atoms with Crippen molar-refractivity contribution in [2.24, 2.45) is 0 Å². The summed E-state index contributed by atoms with van der Waals surface area (Å²) in [6, 6.07) is 0.182. The number of hydrogen-bond acceptors (Lipinski definition) is 5. The lowest BCUT2D eigenvalue weighted by Gasteiger charge is -2.15. The van der Waals surface area contributed by atoms with Crippen molar-refractivity contribution in [1.82, 2.24) is 15.5 Å². The molecule has 0 aliphatic rings. The van der Waals surface area contributed by atoms with Gasteiger partial charge >= 0.3 is 0 Å². The highest BCUT2D eigenvalue weighted by Crippen LogP contribution is 2.23. The number of thioether (sulfide) groups is 1. The average molecular weight is 299 g/mol. The molecule has 1 amide bonds. The Morgan fingerprint density at radius 3 is 2.80 bits per heavy atom. The fraction of sp³-hybridized carbons (Fsp3) is 0.615. The maximum Gasteiger partial charge on any atom is 0.277 e. The molecule has 6 nitrogen and oxygen atoms in total. The van der Waals surface area contributed by atoms with Gasteiger partial charge in [0.25, 0.3) is 11.1 Å². The molecule has 0 spiro atoms. The lowest BCUT2D eigenvalue weighted by molar-refractivity contribution is -0.894. The summed E-state index contributed by atoms with van der Waals surface area (Å²) in [5.74, 6) is 0.550. The van der Waals surface area contributed by atoms with Gasteiger partial charge in [0.15, 0.2) is 6.04 Å². The summed E-state index contributed by atoms with van der Waals surface area (Å²) in [7, 11) is 4.10. The molecule has 0 saturated heterocycles. The zero-order chi connectivity index (χ0) is 15.1. The van der Waals surface area contributed by atoms with E-state index in [1.54, 1.807) is 6.08 Å². The first-order valence-corrected chi connectivity index (χ1v) is 7.56. The summed E-state index contributed by atoms with van der Waals surface area (Å²) < 4.78 is 5.64. The molecule has 0 bridgehead atoms. The summed E-state index contributed by atoms with van der Waals surface area (Å²) in [5, 5.41) is 11.0. The lowest BCUT2D eigenvalue weighted by atomic mass is 10.2. The highest BCUT2D eigenvalue weighted by molar-refractivity contribution is 8.00. The molecule has 0 saturated carbocycles. The predicted molar refractivity (Wildman–Crippen MR) is 78.7 cm³/mol. The molecule has 0 aliphatic carbocycles. The number of carbonyl (C=O) groups is 1. The molecule has 2 atom stereocenters. The molecule has 1 rings (SSSR count). The molecule has 2 N–H and O–H groups in total. The Balaban J connectivity index is 2.63. The fourth-order valence-electron chi connectivity index (χ4n) is 1.76. The molecule has 0 fully saturated rings. The van der Waals surface area contributed by atoms with Crippen molar-refractivity contribution in [3.05, 3.63) is 18.5 Å². The zero-order valence-electron chi connectivity index (χ0n) is 12.5. The van der Waals surface area contributed by atoms with E-state index in [4.69, 9.17) is 4.42 Å². The van der Waals surface area contributed by atoms with E-state index in [0.717, 1.165) is 6.42 Å². The van der Waals surface area contributed by atoms with Crippen molar-refractivity contribution in [2.75, 3.05) is 20.6 Å². The van der Waals surface area contributed by atoms with Crippen LogP contribution in [0.2, 0.25) is 0 Å². The molecule has 0 radical (unpaired) electrons. The van der Waals surface area contributed by atoms with E-state index in [1.165, 1.54) is 16.7 Å². The Morgan fingerprint density at radius 2 is 2.25 bits per heavy atom. The zero-order valence-corrected chi connectivity index (χ0v) is 13.3. The van der Waals surface area contributed by atoms with Gasteiger partial charge in [0.2, 0.25) is 5.91 Å². The molecular weight excluding hydrogens is 276 g/mol. The third-order valence-corrected chi connectivity index (χ3v) is 3.83. The second-order valence-electron chi connectivity index (χ2n) is 4.74. The van der Waals surface area contributed by atoms with Crippen LogP contribution < -0.4 is 10.2 Å². The smallest absolute Gasteiger partial charge is 0.277 e. The molecule has 0 unspecified atom stereocenters. The van der Waals surface area contributed by atoms with Crippen molar-refractivity contribution in [3.8, 4) is 0 Å². The Kier molecular flexibility index (Phi) is 6.74. The Hall–Kier alpha value is -1.34. The number of hydrogen-bond donors (Lipinski definition) is 2. The van der Waals surface area contributed by atoms with Crippen molar-refractivity contribution in [3.63, 3.8) is 0 Å². The van der Waals surface area contributed by atoms with Gasteiger partial charge in [0.05, 0.1) is 19.3 Å². The first-order valence-electron chi connectivity index (χ1n) is 6.68. The molecule has 0 aromatic carbocycles. The molecule has 1 aromatic rings. The van der Waals surface area contributed by atoms with E-state index in [9.17, 15) is 4.79 Å².